The number of hydrogen-bond donors (Lipinski definition) is 0. The summed E-state index contributed by atoms with van der Waals surface area (Å²) < 4.78 is 1.07. The lowest BCUT2D eigenvalue weighted by atomic mass is 9.79. The number of hydrogen-bond acceptors (Lipinski definition) is 1. The molecular weight excluding hydrogens is 286 g/mol. The molecule has 86 valence electrons. The monoisotopic (exact) mass is 299 g/mol. The van der Waals surface area contributed by atoms with Crippen LogP contribution in [-0.2, 0) is 6.42 Å². The van der Waals surface area contributed by atoms with E-state index < -0.39 is 0 Å². The molecule has 1 nitrogen and oxygen atoms in total. The van der Waals surface area contributed by atoms with Gasteiger partial charge in [-0.05, 0) is 70.5 Å². The molecule has 0 saturated heterocycles. The maximum Gasteiger partial charge on any atom is 0.0410 e. The molecule has 2 saturated carbocycles. The van der Waals surface area contributed by atoms with E-state index in [0.29, 0.717) is 5.41 Å². The van der Waals surface area contributed by atoms with Gasteiger partial charge in [0.05, 0.1) is 0 Å². The van der Waals surface area contributed by atoms with E-state index >= 15 is 0 Å². The largest absolute Gasteiger partial charge is 0.263 e. The SMILES string of the molecule is ClCC1(Cc2cncc(Br)c2)CC2CC2C1. The zero-order chi connectivity index (χ0) is 11.2. The Labute approximate surface area is 110 Å². The Morgan fingerprint density at radius 2 is 2.12 bits per heavy atom. The maximum atomic E-state index is 6.21. The number of alkyl halides is 1. The number of halogens is 2. The summed E-state index contributed by atoms with van der Waals surface area (Å²) in [4.78, 5) is 4.23. The molecule has 1 aromatic heterocycles. The number of pyridine rings is 1. The summed E-state index contributed by atoms with van der Waals surface area (Å²) in [6, 6.07) is 2.17. The normalized spacial score (nSPS) is 36.1. The van der Waals surface area contributed by atoms with Gasteiger partial charge in [0.2, 0.25) is 0 Å². The third kappa shape index (κ3) is 2.02. The molecule has 0 aliphatic heterocycles. The minimum absolute atomic E-state index is 0.359. The van der Waals surface area contributed by atoms with Crippen LogP contribution in [0.2, 0.25) is 0 Å². The predicted molar refractivity (Wildman–Crippen MR) is 69.6 cm³/mol. The molecule has 0 bridgehead atoms. The number of fused-ring (bicyclic) bond motifs is 1. The molecule has 0 amide bonds. The van der Waals surface area contributed by atoms with Gasteiger partial charge in [0.25, 0.3) is 0 Å². The molecule has 1 aromatic rings. The molecule has 3 heteroatoms. The number of aromatic nitrogens is 1. The van der Waals surface area contributed by atoms with E-state index in [4.69, 9.17) is 11.6 Å². The quantitative estimate of drug-likeness (QED) is 0.768. The first-order chi connectivity index (χ1) is 7.71. The van der Waals surface area contributed by atoms with Crippen molar-refractivity contribution in [2.75, 3.05) is 5.88 Å². The highest BCUT2D eigenvalue weighted by Gasteiger charge is 2.53. The third-order valence-corrected chi connectivity index (χ3v) is 5.08. The van der Waals surface area contributed by atoms with E-state index in [2.05, 4.69) is 27.0 Å². The smallest absolute Gasteiger partial charge is 0.0410 e. The van der Waals surface area contributed by atoms with Gasteiger partial charge in [0.1, 0.15) is 0 Å². The van der Waals surface area contributed by atoms with Crippen molar-refractivity contribution < 1.29 is 0 Å². The van der Waals surface area contributed by atoms with Crippen molar-refractivity contribution in [2.24, 2.45) is 17.3 Å². The van der Waals surface area contributed by atoms with Crippen molar-refractivity contribution in [2.45, 2.75) is 25.7 Å². The molecule has 0 radical (unpaired) electrons. The lowest BCUT2D eigenvalue weighted by Gasteiger charge is -2.28. The van der Waals surface area contributed by atoms with Gasteiger partial charge in [0.15, 0.2) is 0 Å². The van der Waals surface area contributed by atoms with Crippen molar-refractivity contribution in [1.82, 2.24) is 4.98 Å². The minimum Gasteiger partial charge on any atom is -0.263 e. The van der Waals surface area contributed by atoms with Gasteiger partial charge in [-0.25, -0.2) is 0 Å². The van der Waals surface area contributed by atoms with Gasteiger partial charge in [-0.15, -0.1) is 11.6 Å². The van der Waals surface area contributed by atoms with Crippen LogP contribution in [0.25, 0.3) is 0 Å². The van der Waals surface area contributed by atoms with Crippen LogP contribution in [0.1, 0.15) is 24.8 Å². The Bertz CT molecular complexity index is 397. The Hall–Kier alpha value is -0.0800. The van der Waals surface area contributed by atoms with Crippen molar-refractivity contribution in [3.8, 4) is 0 Å². The fourth-order valence-corrected chi connectivity index (χ4v) is 4.02. The Kier molecular flexibility index (Phi) is 2.75. The summed E-state index contributed by atoms with van der Waals surface area (Å²) >= 11 is 9.68. The zero-order valence-electron chi connectivity index (χ0n) is 9.13. The highest BCUT2D eigenvalue weighted by Crippen LogP contribution is 2.61. The molecule has 2 unspecified atom stereocenters. The van der Waals surface area contributed by atoms with Crippen LogP contribution < -0.4 is 0 Å². The van der Waals surface area contributed by atoms with Gasteiger partial charge >= 0.3 is 0 Å². The van der Waals surface area contributed by atoms with E-state index in [1.165, 1.54) is 24.8 Å². The fraction of sp³-hybridized carbons (Fsp3) is 0.615. The van der Waals surface area contributed by atoms with Gasteiger partial charge in [-0.3, -0.25) is 4.98 Å². The van der Waals surface area contributed by atoms with Gasteiger partial charge < -0.3 is 0 Å². The first-order valence-corrected chi connectivity index (χ1v) is 7.19. The molecular formula is C13H15BrClN. The second kappa shape index (κ2) is 3.99. The maximum absolute atomic E-state index is 6.21. The predicted octanol–water partition coefficient (Wildman–Crippen LogP) is 4.04. The van der Waals surface area contributed by atoms with Crippen molar-refractivity contribution in [3.05, 3.63) is 28.5 Å². The van der Waals surface area contributed by atoms with Gasteiger partial charge in [-0.1, -0.05) is 0 Å². The van der Waals surface area contributed by atoms with Crippen molar-refractivity contribution in [1.29, 1.82) is 0 Å². The van der Waals surface area contributed by atoms with E-state index in [1.807, 2.05) is 12.4 Å². The molecule has 2 aliphatic carbocycles. The summed E-state index contributed by atoms with van der Waals surface area (Å²) in [5, 5.41) is 0. The van der Waals surface area contributed by atoms with Gasteiger partial charge in [-0.2, -0.15) is 0 Å². The Morgan fingerprint density at radius 3 is 2.75 bits per heavy atom. The summed E-state index contributed by atoms with van der Waals surface area (Å²) in [6.45, 7) is 0. The minimum atomic E-state index is 0.359. The zero-order valence-corrected chi connectivity index (χ0v) is 11.5. The van der Waals surface area contributed by atoms with E-state index in [-0.39, 0.29) is 0 Å². The molecule has 2 fully saturated rings. The van der Waals surface area contributed by atoms with Crippen LogP contribution in [0.3, 0.4) is 0 Å². The lowest BCUT2D eigenvalue weighted by Crippen LogP contribution is -2.24. The number of rotatable bonds is 3. The topological polar surface area (TPSA) is 12.9 Å². The van der Waals surface area contributed by atoms with Gasteiger partial charge in [0, 0.05) is 22.7 Å². The third-order valence-electron chi connectivity index (χ3n) is 4.08. The average Bonchev–Trinajstić information content (AvgIpc) is 2.87. The van der Waals surface area contributed by atoms with Crippen LogP contribution in [0.4, 0.5) is 0 Å². The second-order valence-corrected chi connectivity index (χ2v) is 6.67. The average molecular weight is 301 g/mol. The summed E-state index contributed by atoms with van der Waals surface area (Å²) in [5.41, 5.74) is 1.67. The Balaban J connectivity index is 1.77. The number of nitrogens with zero attached hydrogens (tertiary/aromatic N) is 1. The van der Waals surface area contributed by atoms with Crippen LogP contribution >= 0.6 is 27.5 Å². The summed E-state index contributed by atoms with van der Waals surface area (Å²) in [5.74, 6) is 2.77. The highest BCUT2D eigenvalue weighted by molar-refractivity contribution is 9.10. The van der Waals surface area contributed by atoms with Crippen LogP contribution in [0.15, 0.2) is 22.9 Å². The van der Waals surface area contributed by atoms with Crippen molar-refractivity contribution >= 4 is 27.5 Å². The summed E-state index contributed by atoms with van der Waals surface area (Å²) in [7, 11) is 0. The molecule has 0 spiro atoms. The summed E-state index contributed by atoms with van der Waals surface area (Å²) in [6.07, 6.45) is 9.01. The molecule has 2 aliphatic rings. The molecule has 16 heavy (non-hydrogen) atoms. The molecule has 2 atom stereocenters. The standard InChI is InChI=1S/C13H15BrClN/c14-12-1-9(6-16-7-12)3-13(8-15)4-10-2-11(10)5-13/h1,6-7,10-11H,2-5,8H2. The van der Waals surface area contributed by atoms with Crippen LogP contribution in [-0.4, -0.2) is 10.9 Å². The van der Waals surface area contributed by atoms with E-state index in [9.17, 15) is 0 Å². The van der Waals surface area contributed by atoms with Crippen LogP contribution in [0.5, 0.6) is 0 Å². The molecule has 0 aromatic carbocycles. The van der Waals surface area contributed by atoms with E-state index in [1.54, 1.807) is 0 Å². The molecule has 0 N–H and O–H groups in total. The molecule has 3 rings (SSSR count). The van der Waals surface area contributed by atoms with Crippen molar-refractivity contribution in [3.63, 3.8) is 0 Å². The highest BCUT2D eigenvalue weighted by atomic mass is 79.9. The first kappa shape index (κ1) is 11.0. The first-order valence-electron chi connectivity index (χ1n) is 5.86. The fourth-order valence-electron chi connectivity index (χ4n) is 3.29. The lowest BCUT2D eigenvalue weighted by molar-refractivity contribution is 0.303. The van der Waals surface area contributed by atoms with Crippen LogP contribution in [0, 0.1) is 17.3 Å². The second-order valence-electron chi connectivity index (χ2n) is 5.49. The molecule has 1 heterocycles. The Morgan fingerprint density at radius 1 is 1.38 bits per heavy atom. The van der Waals surface area contributed by atoms with E-state index in [0.717, 1.165) is 28.6 Å².